The Morgan fingerprint density at radius 1 is 0.375 bits per heavy atom. The van der Waals surface area contributed by atoms with Crippen LogP contribution in [0.15, 0.2) is 255 Å². The minimum atomic E-state index is -0.440. The summed E-state index contributed by atoms with van der Waals surface area (Å²) in [6.45, 7) is 6.49. The van der Waals surface area contributed by atoms with Crippen molar-refractivity contribution in [3.05, 3.63) is 294 Å². The number of fused-ring (bicyclic) bond motifs is 15. The van der Waals surface area contributed by atoms with E-state index in [0.29, 0.717) is 0 Å². The number of aromatic nitrogens is 1. The first kappa shape index (κ1) is 44.5. The average molecular weight is 925 g/mol. The van der Waals surface area contributed by atoms with Gasteiger partial charge in [-0.1, -0.05) is 230 Å². The summed E-state index contributed by atoms with van der Waals surface area (Å²) in [7, 11) is 2.17. The Bertz CT molecular complexity index is 3880. The molecule has 0 saturated heterocycles. The molecule has 2 nitrogen and oxygen atoms in total. The Balaban J connectivity index is 0.000000209. The highest BCUT2D eigenvalue weighted by molar-refractivity contribution is 6.13. The van der Waals surface area contributed by atoms with E-state index in [9.17, 15) is 0 Å². The Kier molecular flexibility index (Phi) is 11.5. The highest BCUT2D eigenvalue weighted by Crippen LogP contribution is 2.65. The molecule has 0 N–H and O–H groups in total. The maximum absolute atomic E-state index is 2.53. The molecule has 0 aliphatic heterocycles. The molecule has 1 spiro atoms. The second-order valence-corrected chi connectivity index (χ2v) is 19.3. The zero-order valence-corrected chi connectivity index (χ0v) is 41.4. The summed E-state index contributed by atoms with van der Waals surface area (Å²) in [4.78, 5) is 2.48. The van der Waals surface area contributed by atoms with Crippen molar-refractivity contribution in [3.8, 4) is 33.4 Å². The van der Waals surface area contributed by atoms with Crippen molar-refractivity contribution in [2.75, 3.05) is 4.90 Å². The minimum Gasteiger partial charge on any atom is -0.344 e. The zero-order chi connectivity index (χ0) is 48.8. The van der Waals surface area contributed by atoms with E-state index >= 15 is 0 Å². The zero-order valence-electron chi connectivity index (χ0n) is 41.4. The summed E-state index contributed by atoms with van der Waals surface area (Å²) in [6, 6.07) is 93.0. The lowest BCUT2D eigenvalue weighted by molar-refractivity contribution is 0.793. The van der Waals surface area contributed by atoms with Crippen LogP contribution in [0.4, 0.5) is 17.1 Å². The van der Waals surface area contributed by atoms with Gasteiger partial charge in [0.1, 0.15) is 0 Å². The van der Waals surface area contributed by atoms with Gasteiger partial charge in [-0.25, -0.2) is 0 Å². The van der Waals surface area contributed by atoms with Gasteiger partial charge in [0, 0.05) is 45.6 Å². The maximum atomic E-state index is 2.53. The van der Waals surface area contributed by atoms with E-state index < -0.39 is 5.41 Å². The van der Waals surface area contributed by atoms with E-state index in [4.69, 9.17) is 0 Å². The van der Waals surface area contributed by atoms with Crippen molar-refractivity contribution >= 4 is 49.6 Å². The van der Waals surface area contributed by atoms with E-state index in [-0.39, 0.29) is 0 Å². The molecule has 1 aromatic heterocycles. The van der Waals surface area contributed by atoms with Gasteiger partial charge in [-0.15, -0.1) is 0 Å². The first-order chi connectivity index (χ1) is 35.4. The number of rotatable bonds is 5. The van der Waals surface area contributed by atoms with Gasteiger partial charge in [0.15, 0.2) is 0 Å². The molecule has 0 atom stereocenters. The molecule has 0 unspecified atom stereocenters. The lowest BCUT2D eigenvalue weighted by Crippen LogP contribution is -2.26. The Morgan fingerprint density at radius 3 is 1.58 bits per heavy atom. The third kappa shape index (κ3) is 7.42. The molecular weight excluding hydrogens is 869 g/mol. The minimum absolute atomic E-state index is 0.440. The maximum Gasteiger partial charge on any atom is 0.0726 e. The Labute approximate surface area is 423 Å². The molecule has 2 aliphatic rings. The molecule has 0 radical (unpaired) electrons. The number of hydrogen-bond acceptors (Lipinski definition) is 1. The lowest BCUT2D eigenvalue weighted by Gasteiger charge is -2.33. The number of benzene rings is 11. The summed E-state index contributed by atoms with van der Waals surface area (Å²) in [5.74, 6) is 0. The van der Waals surface area contributed by atoms with Crippen LogP contribution in [0.1, 0.15) is 45.9 Å². The summed E-state index contributed by atoms with van der Waals surface area (Å²) >= 11 is 0. The van der Waals surface area contributed by atoms with Crippen LogP contribution in [0.5, 0.6) is 0 Å². The normalized spacial score (nSPS) is 12.3. The van der Waals surface area contributed by atoms with Crippen LogP contribution in [0.25, 0.3) is 66.0 Å². The molecule has 346 valence electrons. The molecule has 14 rings (SSSR count). The molecule has 1 heterocycles. The van der Waals surface area contributed by atoms with Gasteiger partial charge in [0.2, 0.25) is 0 Å². The van der Waals surface area contributed by atoms with Crippen LogP contribution in [0.3, 0.4) is 0 Å². The van der Waals surface area contributed by atoms with E-state index in [1.807, 2.05) is 24.3 Å². The quantitative estimate of drug-likeness (QED) is 0.167. The topological polar surface area (TPSA) is 8.17 Å². The number of anilines is 3. The van der Waals surface area contributed by atoms with Crippen LogP contribution in [-0.2, 0) is 18.9 Å². The predicted molar refractivity (Wildman–Crippen MR) is 306 cm³/mol. The first-order valence-corrected chi connectivity index (χ1v) is 25.3. The largest absolute Gasteiger partial charge is 0.344 e. The smallest absolute Gasteiger partial charge is 0.0726 e. The van der Waals surface area contributed by atoms with Crippen LogP contribution >= 0.6 is 0 Å². The monoisotopic (exact) mass is 924 g/mol. The van der Waals surface area contributed by atoms with Crippen LogP contribution in [0.2, 0.25) is 0 Å². The van der Waals surface area contributed by atoms with Gasteiger partial charge >= 0.3 is 0 Å². The van der Waals surface area contributed by atoms with E-state index in [0.717, 1.165) is 17.8 Å². The van der Waals surface area contributed by atoms with E-state index in [1.54, 1.807) is 0 Å². The number of para-hydroxylation sites is 2. The molecule has 11 aromatic carbocycles. The molecule has 2 heteroatoms. The third-order valence-electron chi connectivity index (χ3n) is 15.0. The molecule has 0 bridgehead atoms. The van der Waals surface area contributed by atoms with Crippen molar-refractivity contribution < 1.29 is 0 Å². The molecule has 2 aliphatic carbocycles. The lowest BCUT2D eigenvalue weighted by atomic mass is 9.70. The van der Waals surface area contributed by atoms with Crippen molar-refractivity contribution in [1.29, 1.82) is 0 Å². The van der Waals surface area contributed by atoms with Crippen LogP contribution < -0.4 is 4.90 Å². The molecular formula is C70H56N2. The molecule has 72 heavy (non-hydrogen) atoms. The van der Waals surface area contributed by atoms with E-state index in [2.05, 4.69) is 268 Å². The fourth-order valence-electron chi connectivity index (χ4n) is 11.7. The second-order valence-electron chi connectivity index (χ2n) is 19.3. The highest BCUT2D eigenvalue weighted by atomic mass is 15.1. The summed E-state index contributed by atoms with van der Waals surface area (Å²) in [5, 5.41) is 5.05. The molecule has 0 amide bonds. The SMILES string of the molecule is CCc1ccc(-c2ccccc2)cc1.Cc1ccc2c(c1)C1(c3ccccc3-c3ccccc31)c1cc(N(c3ccccc3)c3ccc4c(c3)c3ccccc3n4C)c3ccccc3c1-2.Cc1ccccc1. The number of nitrogens with zero attached hydrogens (tertiary/aromatic N) is 2. The van der Waals surface area contributed by atoms with E-state index in [1.165, 1.54) is 111 Å². The molecule has 0 saturated carbocycles. The summed E-state index contributed by atoms with van der Waals surface area (Å²) < 4.78 is 2.31. The van der Waals surface area contributed by atoms with Crippen LogP contribution in [-0.4, -0.2) is 4.57 Å². The molecule has 12 aromatic rings. The van der Waals surface area contributed by atoms with Gasteiger partial charge in [-0.05, 0) is 129 Å². The van der Waals surface area contributed by atoms with Crippen LogP contribution in [0, 0.1) is 13.8 Å². The summed E-state index contributed by atoms with van der Waals surface area (Å²) in [6.07, 6.45) is 1.11. The van der Waals surface area contributed by atoms with Gasteiger partial charge < -0.3 is 9.47 Å². The third-order valence-corrected chi connectivity index (χ3v) is 15.0. The van der Waals surface area contributed by atoms with Crippen molar-refractivity contribution in [1.82, 2.24) is 4.57 Å². The fourth-order valence-corrected chi connectivity index (χ4v) is 11.7. The standard InChI is InChI=1S/C49H34N2.C14H14.C7H8/c1-31-24-26-39-43(28-31)49(41-21-11-8-16-34(41)35-17-9-12-22-42(35)49)44-30-47(36-18-6-7-20-38(36)48(39)44)51(32-14-4-3-5-15-32)33-25-27-46-40(29-33)37-19-10-13-23-45(37)50(46)2;1-2-12-8-10-14(11-9-12)13-6-4-3-5-7-13;1-7-5-3-2-4-6-7/h3-30H,1-2H3;3-11H,2H2,1H3;2-6H,1H3. The van der Waals surface area contributed by atoms with Gasteiger partial charge in [-0.3, -0.25) is 0 Å². The first-order valence-electron chi connectivity index (χ1n) is 25.3. The van der Waals surface area contributed by atoms with Crippen molar-refractivity contribution in [2.45, 2.75) is 32.6 Å². The van der Waals surface area contributed by atoms with Crippen molar-refractivity contribution in [3.63, 3.8) is 0 Å². The summed E-state index contributed by atoms with van der Waals surface area (Å²) in [5.41, 5.74) is 22.8. The number of hydrogen-bond donors (Lipinski definition) is 0. The van der Waals surface area contributed by atoms with Gasteiger partial charge in [-0.2, -0.15) is 0 Å². The van der Waals surface area contributed by atoms with Crippen molar-refractivity contribution in [2.24, 2.45) is 7.05 Å². The van der Waals surface area contributed by atoms with Gasteiger partial charge in [0.25, 0.3) is 0 Å². The fraction of sp³-hybridized carbons (Fsp3) is 0.0857. The van der Waals surface area contributed by atoms with Gasteiger partial charge in [0.05, 0.1) is 11.1 Å². The Hall–Kier alpha value is -8.72. The Morgan fingerprint density at radius 2 is 0.931 bits per heavy atom. The predicted octanol–water partition coefficient (Wildman–Crippen LogP) is 18.5. The second kappa shape index (κ2) is 18.6. The highest BCUT2D eigenvalue weighted by Gasteiger charge is 2.52. The molecule has 0 fully saturated rings. The number of aryl methyl sites for hydroxylation is 4. The average Bonchev–Trinajstić information content (AvgIpc) is 4.03.